The molecule has 4 heteroatoms. The first kappa shape index (κ1) is 17.5. The van der Waals surface area contributed by atoms with E-state index in [0.29, 0.717) is 13.0 Å². The Labute approximate surface area is 128 Å². The zero-order valence-electron chi connectivity index (χ0n) is 13.8. The molecule has 0 aliphatic carbocycles. The van der Waals surface area contributed by atoms with E-state index in [0.717, 1.165) is 6.54 Å². The minimum atomic E-state index is -0.899. The molecule has 4 nitrogen and oxygen atoms in total. The normalized spacial score (nSPS) is 15.3. The highest BCUT2D eigenvalue weighted by molar-refractivity contribution is 5.78. The maximum Gasteiger partial charge on any atom is 0.323 e. The summed E-state index contributed by atoms with van der Waals surface area (Å²) in [5.74, 6) is -0.794. The molecule has 0 radical (unpaired) electrons. The van der Waals surface area contributed by atoms with Crippen molar-refractivity contribution in [2.45, 2.75) is 52.6 Å². The highest BCUT2D eigenvalue weighted by Crippen LogP contribution is 2.25. The van der Waals surface area contributed by atoms with Crippen LogP contribution < -0.4 is 10.2 Å². The Morgan fingerprint density at radius 3 is 2.48 bits per heavy atom. The van der Waals surface area contributed by atoms with Gasteiger partial charge in [0.05, 0.1) is 0 Å². The molecule has 0 fully saturated rings. The molecule has 1 aromatic carbocycles. The lowest BCUT2D eigenvalue weighted by molar-refractivity contribution is -0.144. The van der Waals surface area contributed by atoms with Crippen molar-refractivity contribution in [1.82, 2.24) is 5.32 Å². The average molecular weight is 292 g/mol. The van der Waals surface area contributed by atoms with E-state index in [1.54, 1.807) is 6.92 Å². The van der Waals surface area contributed by atoms with Crippen molar-refractivity contribution in [1.29, 1.82) is 0 Å². The molecule has 0 saturated heterocycles. The van der Waals surface area contributed by atoms with Crippen molar-refractivity contribution in [3.63, 3.8) is 0 Å². The Morgan fingerprint density at radius 2 is 2.00 bits per heavy atom. The lowest BCUT2D eigenvalue weighted by Crippen LogP contribution is -2.53. The largest absolute Gasteiger partial charge is 0.480 e. The Balaban J connectivity index is 2.96. The molecule has 0 aliphatic rings. The lowest BCUT2D eigenvalue weighted by Gasteiger charge is -2.36. The minimum absolute atomic E-state index is 0.135. The smallest absolute Gasteiger partial charge is 0.323 e. The molecule has 21 heavy (non-hydrogen) atoms. The maximum atomic E-state index is 11.6. The third-order valence-electron chi connectivity index (χ3n) is 4.04. The van der Waals surface area contributed by atoms with Crippen LogP contribution in [0.2, 0.25) is 0 Å². The predicted octanol–water partition coefficient (Wildman–Crippen LogP) is 3.05. The number of carbonyl (C=O) groups is 1. The van der Waals surface area contributed by atoms with E-state index >= 15 is 0 Å². The van der Waals surface area contributed by atoms with E-state index in [4.69, 9.17) is 0 Å². The fourth-order valence-corrected chi connectivity index (χ4v) is 2.93. The van der Waals surface area contributed by atoms with E-state index in [1.165, 1.54) is 11.3 Å². The van der Waals surface area contributed by atoms with Crippen LogP contribution in [0, 0.1) is 6.92 Å². The summed E-state index contributed by atoms with van der Waals surface area (Å²) in [6, 6.07) is 8.37. The van der Waals surface area contributed by atoms with Crippen molar-refractivity contribution in [3.05, 3.63) is 29.8 Å². The van der Waals surface area contributed by atoms with Gasteiger partial charge in [-0.1, -0.05) is 25.1 Å². The summed E-state index contributed by atoms with van der Waals surface area (Å²) in [6.07, 6.45) is 0.554. The van der Waals surface area contributed by atoms with Crippen molar-refractivity contribution < 1.29 is 9.90 Å². The van der Waals surface area contributed by atoms with Crippen LogP contribution in [0.25, 0.3) is 0 Å². The first-order chi connectivity index (χ1) is 9.85. The third kappa shape index (κ3) is 4.21. The van der Waals surface area contributed by atoms with Crippen molar-refractivity contribution in [3.8, 4) is 0 Å². The van der Waals surface area contributed by atoms with Gasteiger partial charge in [-0.15, -0.1) is 0 Å². The van der Waals surface area contributed by atoms with Gasteiger partial charge in [-0.2, -0.15) is 0 Å². The lowest BCUT2D eigenvalue weighted by atomic mass is 9.92. The number of benzene rings is 1. The Bertz CT molecular complexity index is 476. The van der Waals surface area contributed by atoms with Crippen LogP contribution in [0.1, 0.15) is 39.7 Å². The van der Waals surface area contributed by atoms with Crippen LogP contribution in [0.3, 0.4) is 0 Å². The molecule has 1 aromatic rings. The number of rotatable bonds is 8. The number of likely N-dealkylation sites (N-methyl/N-ethyl adjacent to an activating group) is 1. The van der Waals surface area contributed by atoms with Crippen molar-refractivity contribution >= 4 is 11.7 Å². The molecule has 2 unspecified atom stereocenters. The Kier molecular flexibility index (Phi) is 6.21. The van der Waals surface area contributed by atoms with Crippen molar-refractivity contribution in [2.75, 3.05) is 18.0 Å². The van der Waals surface area contributed by atoms with Gasteiger partial charge in [0.15, 0.2) is 0 Å². The number of carboxylic acids is 1. The second-order valence-electron chi connectivity index (χ2n) is 5.79. The van der Waals surface area contributed by atoms with E-state index < -0.39 is 11.5 Å². The summed E-state index contributed by atoms with van der Waals surface area (Å²) in [5.41, 5.74) is 1.49. The molecule has 0 amide bonds. The molecule has 0 heterocycles. The topological polar surface area (TPSA) is 52.6 Å². The summed E-state index contributed by atoms with van der Waals surface area (Å²) in [7, 11) is 0. The number of anilines is 1. The van der Waals surface area contributed by atoms with E-state index in [1.807, 2.05) is 19.1 Å². The van der Waals surface area contributed by atoms with Gasteiger partial charge in [-0.25, -0.2) is 0 Å². The quantitative estimate of drug-likeness (QED) is 0.773. The zero-order chi connectivity index (χ0) is 16.0. The molecule has 118 valence electrons. The van der Waals surface area contributed by atoms with Gasteiger partial charge in [-0.3, -0.25) is 4.79 Å². The minimum Gasteiger partial charge on any atom is -0.480 e. The average Bonchev–Trinajstić information content (AvgIpc) is 2.41. The van der Waals surface area contributed by atoms with Crippen LogP contribution in [0.15, 0.2) is 24.3 Å². The maximum absolute atomic E-state index is 11.6. The molecule has 1 rings (SSSR count). The molecule has 2 atom stereocenters. The van der Waals surface area contributed by atoms with Gasteiger partial charge in [0.2, 0.25) is 0 Å². The highest BCUT2D eigenvalue weighted by atomic mass is 16.4. The molecule has 0 saturated carbocycles. The second kappa shape index (κ2) is 7.46. The van der Waals surface area contributed by atoms with Gasteiger partial charge in [0.1, 0.15) is 5.54 Å². The van der Waals surface area contributed by atoms with Crippen LogP contribution in [0.4, 0.5) is 5.69 Å². The monoisotopic (exact) mass is 292 g/mol. The first-order valence-corrected chi connectivity index (χ1v) is 7.66. The summed E-state index contributed by atoms with van der Waals surface area (Å²) in [5, 5.41) is 12.6. The van der Waals surface area contributed by atoms with Gasteiger partial charge in [0, 0.05) is 18.3 Å². The number of aliphatic carboxylic acids is 1. The SMILES string of the molecule is CCNC(C)(CC(C)N(CC)c1ccccc1C)C(=O)O. The Morgan fingerprint density at radius 1 is 1.38 bits per heavy atom. The van der Waals surface area contributed by atoms with E-state index in [2.05, 4.69) is 43.1 Å². The van der Waals surface area contributed by atoms with Crippen LogP contribution in [-0.4, -0.2) is 35.7 Å². The number of hydrogen-bond donors (Lipinski definition) is 2. The van der Waals surface area contributed by atoms with Crippen LogP contribution in [0.5, 0.6) is 0 Å². The summed E-state index contributed by atoms with van der Waals surface area (Å²) >= 11 is 0. The summed E-state index contributed by atoms with van der Waals surface area (Å²) < 4.78 is 0. The van der Waals surface area contributed by atoms with Crippen LogP contribution >= 0.6 is 0 Å². The molecule has 0 aliphatic heterocycles. The number of nitrogens with zero attached hydrogens (tertiary/aromatic N) is 1. The third-order valence-corrected chi connectivity index (χ3v) is 4.04. The summed E-state index contributed by atoms with van der Waals surface area (Å²) in [4.78, 5) is 13.9. The summed E-state index contributed by atoms with van der Waals surface area (Å²) in [6.45, 7) is 11.5. The van der Waals surface area contributed by atoms with Gasteiger partial charge >= 0.3 is 5.97 Å². The second-order valence-corrected chi connectivity index (χ2v) is 5.79. The molecule has 0 aromatic heterocycles. The zero-order valence-corrected chi connectivity index (χ0v) is 13.8. The van der Waals surface area contributed by atoms with E-state index in [9.17, 15) is 9.90 Å². The highest BCUT2D eigenvalue weighted by Gasteiger charge is 2.35. The Hall–Kier alpha value is -1.55. The van der Waals surface area contributed by atoms with Gasteiger partial charge in [-0.05, 0) is 52.3 Å². The number of para-hydroxylation sites is 1. The number of nitrogens with one attached hydrogen (secondary N) is 1. The van der Waals surface area contributed by atoms with Gasteiger partial charge < -0.3 is 15.3 Å². The number of aryl methyl sites for hydroxylation is 1. The first-order valence-electron chi connectivity index (χ1n) is 7.66. The molecule has 0 spiro atoms. The molecule has 2 N–H and O–H groups in total. The number of carboxylic acid groups (broad SMARTS) is 1. The van der Waals surface area contributed by atoms with E-state index in [-0.39, 0.29) is 6.04 Å². The van der Waals surface area contributed by atoms with Crippen molar-refractivity contribution in [2.24, 2.45) is 0 Å². The van der Waals surface area contributed by atoms with Crippen LogP contribution in [-0.2, 0) is 4.79 Å². The molecule has 0 bridgehead atoms. The number of hydrogen-bond acceptors (Lipinski definition) is 3. The fourth-order valence-electron chi connectivity index (χ4n) is 2.93. The molecular formula is C17H28N2O2. The standard InChI is InChI=1S/C17H28N2O2/c1-6-18-17(5,16(20)21)12-14(4)19(7-2)15-11-9-8-10-13(15)3/h8-11,14,18H,6-7,12H2,1-5H3,(H,20,21). The fraction of sp³-hybridized carbons (Fsp3) is 0.588. The van der Waals surface area contributed by atoms with Gasteiger partial charge in [0.25, 0.3) is 0 Å². The predicted molar refractivity (Wildman–Crippen MR) is 88.0 cm³/mol. The molecular weight excluding hydrogens is 264 g/mol.